The van der Waals surface area contributed by atoms with Crippen molar-refractivity contribution in [2.45, 2.75) is 25.1 Å². The van der Waals surface area contributed by atoms with Crippen molar-refractivity contribution in [1.82, 2.24) is 4.90 Å². The fourth-order valence-corrected chi connectivity index (χ4v) is 1.73. The van der Waals surface area contributed by atoms with Gasteiger partial charge in [-0.15, -0.1) is 0 Å². The lowest BCUT2D eigenvalue weighted by Crippen LogP contribution is -2.36. The number of rotatable bonds is 5. The average molecular weight is 241 g/mol. The Morgan fingerprint density at radius 3 is 2.69 bits per heavy atom. The summed E-state index contributed by atoms with van der Waals surface area (Å²) in [5.41, 5.74) is 0. The van der Waals surface area contributed by atoms with Gasteiger partial charge < -0.3 is 14.7 Å². The number of likely N-dealkylation sites (N-methyl/N-ethyl adjacent to an activating group) is 1. The predicted octanol–water partition coefficient (Wildman–Crippen LogP) is 1.27. The van der Waals surface area contributed by atoms with Gasteiger partial charge >= 0.3 is 6.18 Å². The number of aliphatic hydroxyl groups excluding tert-OH is 1. The zero-order valence-electron chi connectivity index (χ0n) is 9.33. The van der Waals surface area contributed by atoms with Gasteiger partial charge in [0.25, 0.3) is 0 Å². The molecule has 96 valence electrons. The molecule has 1 fully saturated rings. The standard InChI is InChI=1S/C10H18F3NO2/c1-14(4-3-10(11,12)13)6-9(15)8-2-5-16-7-8/h8-9,15H,2-7H2,1H3. The van der Waals surface area contributed by atoms with E-state index in [1.165, 1.54) is 4.90 Å². The lowest BCUT2D eigenvalue weighted by molar-refractivity contribution is -0.138. The third-order valence-electron chi connectivity index (χ3n) is 2.78. The molecule has 6 heteroatoms. The number of aliphatic hydroxyl groups is 1. The van der Waals surface area contributed by atoms with Gasteiger partial charge in [-0.2, -0.15) is 13.2 Å². The highest BCUT2D eigenvalue weighted by molar-refractivity contribution is 4.75. The van der Waals surface area contributed by atoms with Gasteiger partial charge in [-0.3, -0.25) is 0 Å². The molecule has 1 N–H and O–H groups in total. The molecule has 0 amide bonds. The Labute approximate surface area is 93.2 Å². The molecule has 1 rings (SSSR count). The summed E-state index contributed by atoms with van der Waals surface area (Å²) >= 11 is 0. The van der Waals surface area contributed by atoms with E-state index >= 15 is 0 Å². The number of hydrogen-bond donors (Lipinski definition) is 1. The quantitative estimate of drug-likeness (QED) is 0.786. The Balaban J connectivity index is 2.19. The van der Waals surface area contributed by atoms with E-state index in [2.05, 4.69) is 0 Å². The minimum absolute atomic E-state index is 0.0633. The van der Waals surface area contributed by atoms with E-state index in [0.717, 1.165) is 6.42 Å². The Morgan fingerprint density at radius 1 is 1.50 bits per heavy atom. The summed E-state index contributed by atoms with van der Waals surface area (Å²) < 4.78 is 41.0. The van der Waals surface area contributed by atoms with E-state index in [9.17, 15) is 18.3 Å². The molecule has 2 atom stereocenters. The van der Waals surface area contributed by atoms with Crippen LogP contribution in [0, 0.1) is 5.92 Å². The molecule has 1 saturated heterocycles. The minimum atomic E-state index is -4.13. The first-order valence-corrected chi connectivity index (χ1v) is 5.39. The van der Waals surface area contributed by atoms with Crippen molar-refractivity contribution in [2.75, 3.05) is 33.4 Å². The van der Waals surface area contributed by atoms with Crippen molar-refractivity contribution in [3.8, 4) is 0 Å². The third kappa shape index (κ3) is 5.14. The zero-order valence-corrected chi connectivity index (χ0v) is 9.33. The van der Waals surface area contributed by atoms with Gasteiger partial charge in [0.2, 0.25) is 0 Å². The first-order chi connectivity index (χ1) is 7.38. The van der Waals surface area contributed by atoms with Crippen LogP contribution in [0.5, 0.6) is 0 Å². The SMILES string of the molecule is CN(CCC(F)(F)F)CC(O)C1CCOC1. The molecule has 16 heavy (non-hydrogen) atoms. The van der Waals surface area contributed by atoms with Crippen LogP contribution >= 0.6 is 0 Å². The molecule has 0 aromatic carbocycles. The van der Waals surface area contributed by atoms with E-state index in [4.69, 9.17) is 4.74 Å². The van der Waals surface area contributed by atoms with Crippen LogP contribution in [-0.4, -0.2) is 55.6 Å². The second kappa shape index (κ2) is 5.84. The molecule has 0 aromatic rings. The molecule has 2 unspecified atom stereocenters. The van der Waals surface area contributed by atoms with Crippen LogP contribution in [-0.2, 0) is 4.74 Å². The van der Waals surface area contributed by atoms with Crippen molar-refractivity contribution in [2.24, 2.45) is 5.92 Å². The van der Waals surface area contributed by atoms with Gasteiger partial charge in [-0.25, -0.2) is 0 Å². The Kier molecular flexibility index (Phi) is 5.01. The summed E-state index contributed by atoms with van der Waals surface area (Å²) in [4.78, 5) is 1.51. The smallest absolute Gasteiger partial charge is 0.390 e. The van der Waals surface area contributed by atoms with Gasteiger partial charge in [0.15, 0.2) is 0 Å². The molecular weight excluding hydrogens is 223 g/mol. The maximum Gasteiger partial charge on any atom is 0.390 e. The van der Waals surface area contributed by atoms with Crippen LogP contribution in [0.15, 0.2) is 0 Å². The second-order valence-corrected chi connectivity index (χ2v) is 4.32. The van der Waals surface area contributed by atoms with E-state index in [1.807, 2.05) is 0 Å². The largest absolute Gasteiger partial charge is 0.391 e. The summed E-state index contributed by atoms with van der Waals surface area (Å²) in [7, 11) is 1.59. The Bertz CT molecular complexity index is 205. The van der Waals surface area contributed by atoms with Crippen molar-refractivity contribution in [3.63, 3.8) is 0 Å². The molecule has 1 aliphatic rings. The molecule has 1 aliphatic heterocycles. The Hall–Kier alpha value is -0.330. The number of nitrogens with zero attached hydrogens (tertiary/aromatic N) is 1. The molecular formula is C10H18F3NO2. The number of hydrogen-bond acceptors (Lipinski definition) is 3. The van der Waals surface area contributed by atoms with Crippen LogP contribution in [0.1, 0.15) is 12.8 Å². The van der Waals surface area contributed by atoms with Crippen LogP contribution in [0.4, 0.5) is 13.2 Å². The second-order valence-electron chi connectivity index (χ2n) is 4.32. The maximum atomic E-state index is 11.9. The van der Waals surface area contributed by atoms with Gasteiger partial charge in [0, 0.05) is 25.6 Å². The highest BCUT2D eigenvalue weighted by atomic mass is 19.4. The summed E-state index contributed by atoms with van der Waals surface area (Å²) in [5.74, 6) is 0.0633. The van der Waals surface area contributed by atoms with Gasteiger partial charge in [0.1, 0.15) is 0 Å². The lowest BCUT2D eigenvalue weighted by atomic mass is 10.0. The molecule has 0 aliphatic carbocycles. The summed E-state index contributed by atoms with van der Waals surface area (Å²) in [6.07, 6.45) is -4.78. The summed E-state index contributed by atoms with van der Waals surface area (Å²) in [6.45, 7) is 1.33. The molecule has 1 heterocycles. The fourth-order valence-electron chi connectivity index (χ4n) is 1.73. The van der Waals surface area contributed by atoms with E-state index in [1.54, 1.807) is 7.05 Å². The molecule has 0 saturated carbocycles. The predicted molar refractivity (Wildman–Crippen MR) is 53.1 cm³/mol. The topological polar surface area (TPSA) is 32.7 Å². The molecule has 0 bridgehead atoms. The number of alkyl halides is 3. The third-order valence-corrected chi connectivity index (χ3v) is 2.78. The van der Waals surface area contributed by atoms with E-state index in [0.29, 0.717) is 13.2 Å². The molecule has 0 radical (unpaired) electrons. The first-order valence-electron chi connectivity index (χ1n) is 5.39. The number of halogens is 3. The van der Waals surface area contributed by atoms with Crippen molar-refractivity contribution < 1.29 is 23.0 Å². The monoisotopic (exact) mass is 241 g/mol. The van der Waals surface area contributed by atoms with Gasteiger partial charge in [-0.1, -0.05) is 0 Å². The van der Waals surface area contributed by atoms with Crippen LogP contribution in [0.25, 0.3) is 0 Å². The zero-order chi connectivity index (χ0) is 12.2. The first kappa shape index (κ1) is 13.7. The van der Waals surface area contributed by atoms with Crippen molar-refractivity contribution in [1.29, 1.82) is 0 Å². The summed E-state index contributed by atoms with van der Waals surface area (Å²) in [6, 6.07) is 0. The highest BCUT2D eigenvalue weighted by Gasteiger charge is 2.29. The van der Waals surface area contributed by atoms with Crippen LogP contribution in [0.3, 0.4) is 0 Å². The molecule has 0 spiro atoms. The fraction of sp³-hybridized carbons (Fsp3) is 1.00. The lowest BCUT2D eigenvalue weighted by Gasteiger charge is -2.24. The molecule has 3 nitrogen and oxygen atoms in total. The maximum absolute atomic E-state index is 11.9. The van der Waals surface area contributed by atoms with Crippen LogP contribution in [0.2, 0.25) is 0 Å². The van der Waals surface area contributed by atoms with Crippen molar-refractivity contribution >= 4 is 0 Å². The van der Waals surface area contributed by atoms with Gasteiger partial charge in [-0.05, 0) is 13.5 Å². The minimum Gasteiger partial charge on any atom is -0.391 e. The van der Waals surface area contributed by atoms with Crippen LogP contribution < -0.4 is 0 Å². The van der Waals surface area contributed by atoms with E-state index < -0.39 is 18.7 Å². The summed E-state index contributed by atoms with van der Waals surface area (Å²) in [5, 5.41) is 9.75. The highest BCUT2D eigenvalue weighted by Crippen LogP contribution is 2.20. The van der Waals surface area contributed by atoms with E-state index in [-0.39, 0.29) is 19.0 Å². The average Bonchev–Trinajstić information content (AvgIpc) is 2.66. The normalized spacial score (nSPS) is 24.0. The number of ether oxygens (including phenoxy) is 1. The molecule has 0 aromatic heterocycles. The van der Waals surface area contributed by atoms with Crippen molar-refractivity contribution in [3.05, 3.63) is 0 Å². The van der Waals surface area contributed by atoms with Gasteiger partial charge in [0.05, 0.1) is 19.1 Å². The Morgan fingerprint density at radius 2 is 2.19 bits per heavy atom.